The molecular formula is C31H52O. The van der Waals surface area contributed by atoms with Crippen LogP contribution < -0.4 is 0 Å². The normalized spacial score (nSPS) is 53.8. The highest BCUT2D eigenvalue weighted by atomic mass is 16.5. The van der Waals surface area contributed by atoms with Crippen molar-refractivity contribution in [3.63, 3.8) is 0 Å². The van der Waals surface area contributed by atoms with Gasteiger partial charge in [-0.2, -0.15) is 0 Å². The first-order chi connectivity index (χ1) is 14.7. The van der Waals surface area contributed by atoms with Crippen LogP contribution in [0, 0.1) is 50.2 Å². The van der Waals surface area contributed by atoms with Gasteiger partial charge in [0.05, 0.1) is 6.10 Å². The monoisotopic (exact) mass is 440 g/mol. The van der Waals surface area contributed by atoms with Gasteiger partial charge in [-0.15, -0.1) is 0 Å². The third-order valence-electron chi connectivity index (χ3n) is 13.3. The Kier molecular flexibility index (Phi) is 5.05. The molecule has 5 aliphatic rings. The molecule has 5 aliphatic carbocycles. The van der Waals surface area contributed by atoms with Gasteiger partial charge in [-0.1, -0.05) is 67.0 Å². The van der Waals surface area contributed by atoms with E-state index in [1.807, 2.05) is 12.7 Å². The van der Waals surface area contributed by atoms with Gasteiger partial charge in [0.2, 0.25) is 0 Å². The number of allylic oxidation sites excluding steroid dienone is 2. The quantitative estimate of drug-likeness (QED) is 0.370. The van der Waals surface area contributed by atoms with Crippen LogP contribution in [-0.2, 0) is 4.74 Å². The van der Waals surface area contributed by atoms with Gasteiger partial charge in [-0.05, 0) is 114 Å². The Morgan fingerprint density at radius 3 is 2.16 bits per heavy atom. The molecular weight excluding hydrogens is 388 g/mol. The van der Waals surface area contributed by atoms with E-state index in [0.717, 1.165) is 17.8 Å². The largest absolute Gasteiger partial charge is 0.381 e. The molecule has 0 aromatic carbocycles. The molecule has 4 fully saturated rings. The average molecular weight is 441 g/mol. The van der Waals surface area contributed by atoms with E-state index in [0.29, 0.717) is 33.2 Å². The van der Waals surface area contributed by atoms with Crippen LogP contribution in [0.5, 0.6) is 0 Å². The Hall–Kier alpha value is -0.300. The minimum absolute atomic E-state index is 0.284. The molecule has 0 heterocycles. The van der Waals surface area contributed by atoms with Crippen LogP contribution in [0.15, 0.2) is 11.6 Å². The van der Waals surface area contributed by atoms with Crippen LogP contribution in [0.2, 0.25) is 0 Å². The van der Waals surface area contributed by atoms with Crippen molar-refractivity contribution in [2.75, 3.05) is 7.11 Å². The maximum Gasteiger partial charge on any atom is 0.0625 e. The summed E-state index contributed by atoms with van der Waals surface area (Å²) in [6.45, 7) is 20.9. The summed E-state index contributed by atoms with van der Waals surface area (Å²) in [5.41, 5.74) is 4.53. The zero-order valence-corrected chi connectivity index (χ0v) is 22.9. The molecule has 4 saturated carbocycles. The smallest absolute Gasteiger partial charge is 0.0625 e. The second-order valence-electron chi connectivity index (χ2n) is 15.5. The SMILES string of the molecule is CO[C@H]1CC[C@@]2(C)C(CC[C@]3(C)[C@@H]2CC=C2[C@H]4CC(C)(C)CC[C@]4(C)CC[C@]23C)C1(C)C. The Morgan fingerprint density at radius 2 is 1.47 bits per heavy atom. The van der Waals surface area contributed by atoms with E-state index in [1.165, 1.54) is 64.2 Å². The predicted octanol–water partition coefficient (Wildman–Crippen LogP) is 8.82. The maximum absolute atomic E-state index is 6.05. The van der Waals surface area contributed by atoms with Gasteiger partial charge in [0.1, 0.15) is 0 Å². The van der Waals surface area contributed by atoms with Crippen molar-refractivity contribution in [3.05, 3.63) is 11.6 Å². The first kappa shape index (κ1) is 23.4. The summed E-state index contributed by atoms with van der Waals surface area (Å²) in [5.74, 6) is 2.42. The van der Waals surface area contributed by atoms with Gasteiger partial charge in [-0.25, -0.2) is 0 Å². The van der Waals surface area contributed by atoms with Crippen molar-refractivity contribution >= 4 is 0 Å². The van der Waals surface area contributed by atoms with Gasteiger partial charge < -0.3 is 4.74 Å². The highest BCUT2D eigenvalue weighted by molar-refractivity contribution is 5.33. The molecule has 0 bridgehead atoms. The topological polar surface area (TPSA) is 9.23 Å². The highest BCUT2D eigenvalue weighted by Crippen LogP contribution is 2.75. The minimum atomic E-state index is 0.284. The summed E-state index contributed by atoms with van der Waals surface area (Å²) in [5, 5.41) is 0. The summed E-state index contributed by atoms with van der Waals surface area (Å²) in [7, 11) is 1.95. The van der Waals surface area contributed by atoms with Crippen molar-refractivity contribution < 1.29 is 4.74 Å². The van der Waals surface area contributed by atoms with E-state index in [-0.39, 0.29) is 5.41 Å². The molecule has 182 valence electrons. The van der Waals surface area contributed by atoms with Crippen LogP contribution in [0.1, 0.15) is 120 Å². The molecule has 1 heteroatoms. The fraction of sp³-hybridized carbons (Fsp3) is 0.935. The summed E-state index contributed by atoms with van der Waals surface area (Å²) < 4.78 is 6.05. The van der Waals surface area contributed by atoms with Crippen molar-refractivity contribution in [3.8, 4) is 0 Å². The summed E-state index contributed by atoms with van der Waals surface area (Å²) in [4.78, 5) is 0. The van der Waals surface area contributed by atoms with Crippen molar-refractivity contribution in [2.24, 2.45) is 50.2 Å². The van der Waals surface area contributed by atoms with E-state index in [4.69, 9.17) is 4.74 Å². The van der Waals surface area contributed by atoms with Crippen molar-refractivity contribution in [1.29, 1.82) is 0 Å². The second kappa shape index (κ2) is 6.89. The van der Waals surface area contributed by atoms with Crippen molar-refractivity contribution in [1.82, 2.24) is 0 Å². The number of rotatable bonds is 1. The minimum Gasteiger partial charge on any atom is -0.381 e. The lowest BCUT2D eigenvalue weighted by atomic mass is 9.33. The number of ether oxygens (including phenoxy) is 1. The lowest BCUT2D eigenvalue weighted by Gasteiger charge is -2.71. The van der Waals surface area contributed by atoms with Crippen LogP contribution >= 0.6 is 0 Å². The molecule has 0 spiro atoms. The molecule has 0 aromatic rings. The number of hydrogen-bond donors (Lipinski definition) is 0. The van der Waals surface area contributed by atoms with Gasteiger partial charge in [0, 0.05) is 7.11 Å². The third-order valence-corrected chi connectivity index (χ3v) is 13.3. The lowest BCUT2D eigenvalue weighted by molar-refractivity contribution is -0.207. The Labute approximate surface area is 199 Å². The zero-order valence-electron chi connectivity index (χ0n) is 22.9. The lowest BCUT2D eigenvalue weighted by Crippen LogP contribution is -2.64. The number of hydrogen-bond acceptors (Lipinski definition) is 1. The molecule has 1 unspecified atom stereocenters. The first-order valence-electron chi connectivity index (χ1n) is 14.0. The standard InChI is InChI=1S/C31H52O/c1-26(2)16-17-28(5)18-19-30(7)21(22(28)20-26)10-11-24-29(6)14-13-25(32-9)27(3,4)23(29)12-15-31(24,30)8/h10,22-25H,11-20H2,1-9H3/t22-,23?,24-,25+,28-,29+,30-,31-/m1/s1. The molecule has 0 N–H and O–H groups in total. The van der Waals surface area contributed by atoms with E-state index in [9.17, 15) is 0 Å². The van der Waals surface area contributed by atoms with E-state index < -0.39 is 0 Å². The Bertz CT molecular complexity index is 805. The Morgan fingerprint density at radius 1 is 0.781 bits per heavy atom. The molecule has 0 aliphatic heterocycles. The van der Waals surface area contributed by atoms with E-state index in [2.05, 4.69) is 61.5 Å². The summed E-state index contributed by atoms with van der Waals surface area (Å²) in [6.07, 6.45) is 17.1. The second-order valence-corrected chi connectivity index (χ2v) is 15.5. The summed E-state index contributed by atoms with van der Waals surface area (Å²) in [6, 6.07) is 0. The van der Waals surface area contributed by atoms with E-state index in [1.54, 1.807) is 0 Å². The molecule has 0 saturated heterocycles. The molecule has 0 amide bonds. The maximum atomic E-state index is 6.05. The molecule has 32 heavy (non-hydrogen) atoms. The van der Waals surface area contributed by atoms with Gasteiger partial charge >= 0.3 is 0 Å². The van der Waals surface area contributed by atoms with Crippen LogP contribution in [0.3, 0.4) is 0 Å². The molecule has 5 rings (SSSR count). The fourth-order valence-electron chi connectivity index (χ4n) is 10.9. The van der Waals surface area contributed by atoms with Gasteiger partial charge in [0.15, 0.2) is 0 Å². The number of fused-ring (bicyclic) bond motifs is 7. The van der Waals surface area contributed by atoms with Crippen LogP contribution in [0.4, 0.5) is 0 Å². The molecule has 0 aromatic heterocycles. The number of methoxy groups -OCH3 is 1. The van der Waals surface area contributed by atoms with Gasteiger partial charge in [0.25, 0.3) is 0 Å². The van der Waals surface area contributed by atoms with E-state index >= 15 is 0 Å². The van der Waals surface area contributed by atoms with Crippen LogP contribution in [-0.4, -0.2) is 13.2 Å². The highest BCUT2D eigenvalue weighted by Gasteiger charge is 2.67. The average Bonchev–Trinajstić information content (AvgIpc) is 2.69. The molecule has 8 atom stereocenters. The third kappa shape index (κ3) is 2.85. The zero-order chi connectivity index (χ0) is 23.4. The molecule has 0 radical (unpaired) electrons. The van der Waals surface area contributed by atoms with Crippen molar-refractivity contribution in [2.45, 2.75) is 126 Å². The molecule has 1 nitrogen and oxygen atoms in total. The Balaban J connectivity index is 1.56. The summed E-state index contributed by atoms with van der Waals surface area (Å²) >= 11 is 0. The fourth-order valence-corrected chi connectivity index (χ4v) is 10.9. The van der Waals surface area contributed by atoms with Gasteiger partial charge in [-0.3, -0.25) is 0 Å². The first-order valence-corrected chi connectivity index (χ1v) is 14.0. The predicted molar refractivity (Wildman–Crippen MR) is 136 cm³/mol. The van der Waals surface area contributed by atoms with Crippen LogP contribution in [0.25, 0.3) is 0 Å².